The van der Waals surface area contributed by atoms with E-state index in [9.17, 15) is 4.79 Å². The van der Waals surface area contributed by atoms with Gasteiger partial charge < -0.3 is 9.73 Å². The Morgan fingerprint density at radius 2 is 2.57 bits per heavy atom. The van der Waals surface area contributed by atoms with Crippen LogP contribution in [0, 0.1) is 24.2 Å². The van der Waals surface area contributed by atoms with E-state index in [1.54, 1.807) is 6.26 Å². The van der Waals surface area contributed by atoms with Crippen LogP contribution in [0.3, 0.4) is 0 Å². The standard InChI is InChI=1S/C14H13N3O2S2/c1-8-13(20-6-4-15)21-14(16-8)17-12(18)10-7-9(10)11-3-2-5-19-11/h2-3,5,9-10H,6-7H2,1H3,(H,16,17,18). The lowest BCUT2D eigenvalue weighted by molar-refractivity contribution is -0.117. The van der Waals surface area contributed by atoms with Gasteiger partial charge in [-0.05, 0) is 25.5 Å². The van der Waals surface area contributed by atoms with E-state index in [1.807, 2.05) is 19.1 Å². The molecule has 2 atom stereocenters. The monoisotopic (exact) mass is 319 g/mol. The molecule has 3 rings (SSSR count). The Labute approximate surface area is 130 Å². The zero-order chi connectivity index (χ0) is 14.8. The number of thioether (sulfide) groups is 1. The average Bonchev–Trinajstić information content (AvgIpc) is 2.92. The van der Waals surface area contributed by atoms with Crippen LogP contribution in [0.2, 0.25) is 0 Å². The van der Waals surface area contributed by atoms with Gasteiger partial charge in [0.15, 0.2) is 5.13 Å². The maximum Gasteiger partial charge on any atom is 0.230 e. The normalized spacial score (nSPS) is 20.0. The van der Waals surface area contributed by atoms with Crippen LogP contribution in [-0.2, 0) is 4.79 Å². The molecule has 0 aromatic carbocycles. The van der Waals surface area contributed by atoms with Crippen LogP contribution in [0.5, 0.6) is 0 Å². The van der Waals surface area contributed by atoms with Crippen LogP contribution in [0.25, 0.3) is 0 Å². The Balaban J connectivity index is 1.60. The van der Waals surface area contributed by atoms with E-state index in [4.69, 9.17) is 9.68 Å². The lowest BCUT2D eigenvalue weighted by atomic mass is 10.2. The van der Waals surface area contributed by atoms with Gasteiger partial charge in [-0.1, -0.05) is 23.1 Å². The second kappa shape index (κ2) is 5.92. The van der Waals surface area contributed by atoms with Gasteiger partial charge in [0.1, 0.15) is 5.76 Å². The van der Waals surface area contributed by atoms with Gasteiger partial charge >= 0.3 is 0 Å². The molecule has 0 radical (unpaired) electrons. The van der Waals surface area contributed by atoms with Gasteiger partial charge in [0.25, 0.3) is 0 Å². The van der Waals surface area contributed by atoms with Crippen molar-refractivity contribution < 1.29 is 9.21 Å². The van der Waals surface area contributed by atoms with Crippen LogP contribution in [0.4, 0.5) is 5.13 Å². The predicted octanol–water partition coefficient (Wildman–Crippen LogP) is 3.40. The van der Waals surface area contributed by atoms with Crippen LogP contribution in [0.1, 0.15) is 23.8 Å². The maximum absolute atomic E-state index is 12.2. The number of hydrogen-bond donors (Lipinski definition) is 1. The minimum atomic E-state index is -0.0319. The third-order valence-electron chi connectivity index (χ3n) is 3.29. The third kappa shape index (κ3) is 3.12. The van der Waals surface area contributed by atoms with Crippen molar-refractivity contribution in [2.24, 2.45) is 5.92 Å². The Hall–Kier alpha value is -1.78. The zero-order valence-electron chi connectivity index (χ0n) is 11.3. The summed E-state index contributed by atoms with van der Waals surface area (Å²) in [7, 11) is 0. The number of nitriles is 1. The molecule has 1 saturated carbocycles. The van der Waals surface area contributed by atoms with Crippen molar-refractivity contribution in [2.45, 2.75) is 23.5 Å². The first-order valence-electron chi connectivity index (χ1n) is 6.50. The minimum Gasteiger partial charge on any atom is -0.469 e. The van der Waals surface area contributed by atoms with Crippen LogP contribution < -0.4 is 5.32 Å². The van der Waals surface area contributed by atoms with Crippen molar-refractivity contribution in [1.82, 2.24) is 4.98 Å². The molecule has 1 fully saturated rings. The summed E-state index contributed by atoms with van der Waals surface area (Å²) in [5.74, 6) is 1.40. The predicted molar refractivity (Wildman–Crippen MR) is 81.4 cm³/mol. The first-order valence-corrected chi connectivity index (χ1v) is 8.30. The molecule has 2 aromatic rings. The van der Waals surface area contributed by atoms with Crippen molar-refractivity contribution in [1.29, 1.82) is 5.26 Å². The molecule has 5 nitrogen and oxygen atoms in total. The molecule has 1 aliphatic carbocycles. The first kappa shape index (κ1) is 14.2. The smallest absolute Gasteiger partial charge is 0.230 e. The first-order chi connectivity index (χ1) is 10.2. The van der Waals surface area contributed by atoms with Crippen LogP contribution >= 0.6 is 23.1 Å². The molecule has 7 heteroatoms. The number of nitrogens with zero attached hydrogens (tertiary/aromatic N) is 2. The molecule has 108 valence electrons. The van der Waals surface area contributed by atoms with E-state index in [-0.39, 0.29) is 17.7 Å². The summed E-state index contributed by atoms with van der Waals surface area (Å²) in [6.45, 7) is 1.88. The summed E-state index contributed by atoms with van der Waals surface area (Å²) in [5.41, 5.74) is 0.855. The highest BCUT2D eigenvalue weighted by atomic mass is 32.2. The quantitative estimate of drug-likeness (QED) is 0.854. The zero-order valence-corrected chi connectivity index (χ0v) is 13.0. The number of aromatic nitrogens is 1. The van der Waals surface area contributed by atoms with E-state index >= 15 is 0 Å². The number of amides is 1. The Kier molecular flexibility index (Phi) is 3.99. The molecule has 2 unspecified atom stereocenters. The highest BCUT2D eigenvalue weighted by Gasteiger charge is 2.46. The molecule has 0 bridgehead atoms. The SMILES string of the molecule is Cc1nc(NC(=O)C2CC2c2ccco2)sc1SCC#N. The van der Waals surface area contributed by atoms with Gasteiger partial charge in [-0.15, -0.1) is 0 Å². The highest BCUT2D eigenvalue weighted by molar-refractivity contribution is 8.01. The Morgan fingerprint density at radius 3 is 3.29 bits per heavy atom. The van der Waals surface area contributed by atoms with E-state index in [0.29, 0.717) is 10.9 Å². The summed E-state index contributed by atoms with van der Waals surface area (Å²) in [6.07, 6.45) is 2.45. The van der Waals surface area contributed by atoms with Gasteiger partial charge in [0, 0.05) is 11.8 Å². The van der Waals surface area contributed by atoms with Crippen LogP contribution in [0.15, 0.2) is 27.0 Å². The van der Waals surface area contributed by atoms with Crippen molar-refractivity contribution in [3.8, 4) is 6.07 Å². The van der Waals surface area contributed by atoms with E-state index < -0.39 is 0 Å². The maximum atomic E-state index is 12.2. The second-order valence-electron chi connectivity index (χ2n) is 4.79. The number of carbonyl (C=O) groups is 1. The topological polar surface area (TPSA) is 78.9 Å². The molecule has 0 aliphatic heterocycles. The fraction of sp³-hybridized carbons (Fsp3) is 0.357. The van der Waals surface area contributed by atoms with Crippen molar-refractivity contribution >= 4 is 34.1 Å². The van der Waals surface area contributed by atoms with Gasteiger partial charge in [0.05, 0.1) is 28.0 Å². The summed E-state index contributed by atoms with van der Waals surface area (Å²) in [6, 6.07) is 5.83. The third-order valence-corrected chi connectivity index (χ3v) is 5.59. The fourth-order valence-corrected chi connectivity index (χ4v) is 3.97. The van der Waals surface area contributed by atoms with E-state index in [1.165, 1.54) is 23.1 Å². The molecule has 1 amide bonds. The van der Waals surface area contributed by atoms with Gasteiger partial charge in [0.2, 0.25) is 5.91 Å². The second-order valence-corrected chi connectivity index (χ2v) is 7.04. The number of nitrogens with one attached hydrogen (secondary N) is 1. The number of thiazole rings is 1. The Bertz CT molecular complexity index is 688. The molecular formula is C14H13N3O2S2. The lowest BCUT2D eigenvalue weighted by Crippen LogP contribution is -2.14. The molecule has 0 saturated heterocycles. The van der Waals surface area contributed by atoms with Crippen molar-refractivity contribution in [3.63, 3.8) is 0 Å². The molecule has 2 heterocycles. The number of rotatable bonds is 5. The molecular weight excluding hydrogens is 306 g/mol. The molecule has 21 heavy (non-hydrogen) atoms. The largest absolute Gasteiger partial charge is 0.469 e. The summed E-state index contributed by atoms with van der Waals surface area (Å²) in [4.78, 5) is 16.5. The molecule has 1 aliphatic rings. The summed E-state index contributed by atoms with van der Waals surface area (Å²) in [5, 5.41) is 12.1. The lowest BCUT2D eigenvalue weighted by Gasteiger charge is -1.99. The van der Waals surface area contributed by atoms with Gasteiger partial charge in [-0.25, -0.2) is 4.98 Å². The highest BCUT2D eigenvalue weighted by Crippen LogP contribution is 2.48. The fourth-order valence-electron chi connectivity index (χ4n) is 2.17. The Morgan fingerprint density at radius 1 is 1.71 bits per heavy atom. The number of anilines is 1. The van der Waals surface area contributed by atoms with Crippen molar-refractivity contribution in [3.05, 3.63) is 29.9 Å². The molecule has 0 spiro atoms. The van der Waals surface area contributed by atoms with Gasteiger partial charge in [-0.3, -0.25) is 4.79 Å². The number of aryl methyl sites for hydroxylation is 1. The minimum absolute atomic E-state index is 0.0121. The average molecular weight is 319 g/mol. The number of furan rings is 1. The van der Waals surface area contributed by atoms with Crippen LogP contribution in [-0.4, -0.2) is 16.6 Å². The molecule has 2 aromatic heterocycles. The summed E-state index contributed by atoms with van der Waals surface area (Å²) >= 11 is 2.86. The van der Waals surface area contributed by atoms with Gasteiger partial charge in [-0.2, -0.15) is 5.26 Å². The summed E-state index contributed by atoms with van der Waals surface area (Å²) < 4.78 is 6.31. The number of carbonyl (C=O) groups excluding carboxylic acids is 1. The number of hydrogen-bond acceptors (Lipinski definition) is 6. The van der Waals surface area contributed by atoms with Crippen molar-refractivity contribution in [2.75, 3.05) is 11.1 Å². The molecule has 1 N–H and O–H groups in total. The van der Waals surface area contributed by atoms with E-state index in [0.717, 1.165) is 22.1 Å². The van der Waals surface area contributed by atoms with E-state index in [2.05, 4.69) is 16.4 Å².